The predicted molar refractivity (Wildman–Crippen MR) is 71.0 cm³/mol. The van der Waals surface area contributed by atoms with E-state index >= 15 is 0 Å². The third kappa shape index (κ3) is 5.86. The third-order valence-electron chi connectivity index (χ3n) is 2.64. The minimum atomic E-state index is 0.875. The molecule has 17 heavy (non-hydrogen) atoms. The average molecular weight is 239 g/mol. The van der Waals surface area contributed by atoms with E-state index in [0.29, 0.717) is 0 Å². The van der Waals surface area contributed by atoms with Gasteiger partial charge in [0.2, 0.25) is 0 Å². The monoisotopic (exact) mass is 239 g/mol. The number of hydrogen-bond donors (Lipinski definition) is 1. The van der Waals surface area contributed by atoms with Crippen LogP contribution in [-0.2, 0) is 13.1 Å². The van der Waals surface area contributed by atoms with Crippen LogP contribution in [0.1, 0.15) is 18.2 Å². The molecule has 98 valence electrons. The number of nitrogens with one attached hydrogen (secondary N) is 1. The van der Waals surface area contributed by atoms with Crippen LogP contribution in [-0.4, -0.2) is 50.6 Å². The van der Waals surface area contributed by atoms with E-state index in [2.05, 4.69) is 49.2 Å². The predicted octanol–water partition coefficient (Wildman–Crippen LogP) is 1.38. The largest absolute Gasteiger partial charge is 0.468 e. The van der Waals surface area contributed by atoms with Crippen LogP contribution >= 0.6 is 0 Å². The van der Waals surface area contributed by atoms with Crippen LogP contribution in [0.3, 0.4) is 0 Å². The maximum Gasteiger partial charge on any atom is 0.118 e. The summed E-state index contributed by atoms with van der Waals surface area (Å²) in [6.07, 6.45) is 1.85. The zero-order valence-electron chi connectivity index (χ0n) is 11.5. The van der Waals surface area contributed by atoms with Gasteiger partial charge < -0.3 is 14.6 Å². The fraction of sp³-hybridized carbons (Fsp3) is 0.692. The smallest absolute Gasteiger partial charge is 0.118 e. The molecule has 0 amide bonds. The summed E-state index contributed by atoms with van der Waals surface area (Å²) >= 11 is 0. The van der Waals surface area contributed by atoms with Gasteiger partial charge in [-0.15, -0.1) is 0 Å². The summed E-state index contributed by atoms with van der Waals surface area (Å²) in [5.41, 5.74) is 1.22. The van der Waals surface area contributed by atoms with Crippen molar-refractivity contribution in [3.8, 4) is 0 Å². The van der Waals surface area contributed by atoms with Crippen molar-refractivity contribution < 1.29 is 4.42 Å². The van der Waals surface area contributed by atoms with Crippen LogP contribution in [0.25, 0.3) is 0 Å². The summed E-state index contributed by atoms with van der Waals surface area (Å²) in [5, 5.41) is 3.29. The second kappa shape index (κ2) is 7.48. The highest BCUT2D eigenvalue weighted by atomic mass is 16.3. The normalized spacial score (nSPS) is 11.6. The molecule has 0 bridgehead atoms. The lowest BCUT2D eigenvalue weighted by molar-refractivity contribution is 0.258. The maximum atomic E-state index is 5.54. The van der Waals surface area contributed by atoms with Crippen molar-refractivity contribution in [2.24, 2.45) is 0 Å². The molecule has 0 saturated carbocycles. The Hall–Kier alpha value is -0.840. The summed E-state index contributed by atoms with van der Waals surface area (Å²) in [5.74, 6) is 1.04. The van der Waals surface area contributed by atoms with Crippen molar-refractivity contribution in [3.05, 3.63) is 23.7 Å². The molecule has 0 fully saturated rings. The fourth-order valence-electron chi connectivity index (χ4n) is 1.59. The van der Waals surface area contributed by atoms with Gasteiger partial charge in [-0.25, -0.2) is 0 Å². The average Bonchev–Trinajstić information content (AvgIpc) is 2.71. The summed E-state index contributed by atoms with van der Waals surface area (Å²) in [6, 6.07) is 2.13. The van der Waals surface area contributed by atoms with Gasteiger partial charge in [0, 0.05) is 25.2 Å². The molecule has 1 aromatic rings. The highest BCUT2D eigenvalue weighted by Crippen LogP contribution is 2.09. The van der Waals surface area contributed by atoms with E-state index in [1.165, 1.54) is 5.56 Å². The Kier molecular flexibility index (Phi) is 6.26. The molecular weight excluding hydrogens is 214 g/mol. The second-order valence-electron chi connectivity index (χ2n) is 4.74. The van der Waals surface area contributed by atoms with Crippen LogP contribution in [0.4, 0.5) is 0 Å². The number of likely N-dealkylation sites (N-methyl/N-ethyl adjacent to an activating group) is 2. The molecule has 4 nitrogen and oxygen atoms in total. The van der Waals surface area contributed by atoms with Crippen LogP contribution in [0.15, 0.2) is 16.7 Å². The fourth-order valence-corrected chi connectivity index (χ4v) is 1.59. The van der Waals surface area contributed by atoms with Crippen LogP contribution in [0, 0.1) is 0 Å². The van der Waals surface area contributed by atoms with E-state index in [9.17, 15) is 0 Å². The molecule has 4 heteroatoms. The topological polar surface area (TPSA) is 31.7 Å². The van der Waals surface area contributed by atoms with Crippen LogP contribution < -0.4 is 5.32 Å². The summed E-state index contributed by atoms with van der Waals surface area (Å²) < 4.78 is 5.54. The molecule has 1 aromatic heterocycles. The van der Waals surface area contributed by atoms with Gasteiger partial charge in [-0.1, -0.05) is 6.92 Å². The first kappa shape index (κ1) is 14.2. The molecule has 0 aliphatic carbocycles. The Morgan fingerprint density at radius 2 is 2.00 bits per heavy atom. The van der Waals surface area contributed by atoms with E-state index < -0.39 is 0 Å². The Labute approximate surface area is 105 Å². The lowest BCUT2D eigenvalue weighted by Crippen LogP contribution is -2.28. The molecule has 0 aromatic carbocycles. The van der Waals surface area contributed by atoms with Crippen LogP contribution in [0.2, 0.25) is 0 Å². The first-order valence-electron chi connectivity index (χ1n) is 6.22. The number of rotatable bonds is 8. The highest BCUT2D eigenvalue weighted by Gasteiger charge is 2.05. The second-order valence-corrected chi connectivity index (χ2v) is 4.74. The van der Waals surface area contributed by atoms with Gasteiger partial charge in [-0.05, 0) is 33.8 Å². The van der Waals surface area contributed by atoms with E-state index in [-0.39, 0.29) is 0 Å². The molecule has 1 heterocycles. The first-order valence-corrected chi connectivity index (χ1v) is 6.22. The van der Waals surface area contributed by atoms with E-state index in [1.54, 1.807) is 0 Å². The van der Waals surface area contributed by atoms with E-state index in [0.717, 1.165) is 38.5 Å². The lowest BCUT2D eigenvalue weighted by atomic mass is 10.3. The van der Waals surface area contributed by atoms with Crippen molar-refractivity contribution in [2.75, 3.05) is 40.8 Å². The van der Waals surface area contributed by atoms with Gasteiger partial charge in [-0.2, -0.15) is 0 Å². The Balaban J connectivity index is 2.32. The van der Waals surface area contributed by atoms with Crippen molar-refractivity contribution in [1.82, 2.24) is 15.1 Å². The molecule has 0 unspecified atom stereocenters. The van der Waals surface area contributed by atoms with E-state index in [1.807, 2.05) is 6.26 Å². The zero-order chi connectivity index (χ0) is 12.7. The zero-order valence-corrected chi connectivity index (χ0v) is 11.5. The molecule has 0 aliphatic heterocycles. The van der Waals surface area contributed by atoms with E-state index in [4.69, 9.17) is 4.42 Å². The lowest BCUT2D eigenvalue weighted by Gasteiger charge is -2.17. The summed E-state index contributed by atoms with van der Waals surface area (Å²) in [6.45, 7) is 6.98. The van der Waals surface area contributed by atoms with Gasteiger partial charge in [-0.3, -0.25) is 4.90 Å². The number of furan rings is 1. The third-order valence-corrected chi connectivity index (χ3v) is 2.64. The molecule has 0 radical (unpaired) electrons. The van der Waals surface area contributed by atoms with Gasteiger partial charge in [0.05, 0.1) is 12.8 Å². The molecule has 0 spiro atoms. The number of hydrogen-bond acceptors (Lipinski definition) is 4. The van der Waals surface area contributed by atoms with Gasteiger partial charge in [0.1, 0.15) is 5.76 Å². The highest BCUT2D eigenvalue weighted by molar-refractivity contribution is 5.12. The Bertz CT molecular complexity index is 309. The summed E-state index contributed by atoms with van der Waals surface area (Å²) in [7, 11) is 6.31. The Morgan fingerprint density at radius 3 is 2.65 bits per heavy atom. The van der Waals surface area contributed by atoms with Crippen molar-refractivity contribution in [1.29, 1.82) is 0 Å². The molecule has 1 rings (SSSR count). The standard InChI is InChI=1S/C13H25N3O/c1-5-14-9-12-8-13(17-11-12)10-16(4)7-6-15(2)3/h8,11,14H,5-7,9-10H2,1-4H3. The minimum absolute atomic E-state index is 0.875. The van der Waals surface area contributed by atoms with Crippen molar-refractivity contribution in [3.63, 3.8) is 0 Å². The van der Waals surface area contributed by atoms with Crippen molar-refractivity contribution in [2.45, 2.75) is 20.0 Å². The molecule has 0 saturated heterocycles. The van der Waals surface area contributed by atoms with Gasteiger partial charge in [0.25, 0.3) is 0 Å². The van der Waals surface area contributed by atoms with Crippen LogP contribution in [0.5, 0.6) is 0 Å². The Morgan fingerprint density at radius 1 is 1.24 bits per heavy atom. The quantitative estimate of drug-likeness (QED) is 0.743. The molecule has 0 atom stereocenters. The summed E-state index contributed by atoms with van der Waals surface area (Å²) in [4.78, 5) is 4.46. The molecule has 1 N–H and O–H groups in total. The van der Waals surface area contributed by atoms with Crippen molar-refractivity contribution >= 4 is 0 Å². The number of nitrogens with zero attached hydrogens (tertiary/aromatic N) is 2. The SMILES string of the molecule is CCNCc1coc(CN(C)CCN(C)C)c1. The molecular formula is C13H25N3O. The minimum Gasteiger partial charge on any atom is -0.468 e. The van der Waals surface area contributed by atoms with Gasteiger partial charge >= 0.3 is 0 Å². The van der Waals surface area contributed by atoms with Gasteiger partial charge in [0.15, 0.2) is 0 Å². The molecule has 0 aliphatic rings. The maximum absolute atomic E-state index is 5.54. The first-order chi connectivity index (χ1) is 8.11.